The summed E-state index contributed by atoms with van der Waals surface area (Å²) < 4.78 is 54.8. The minimum atomic E-state index is -4.13. The highest BCUT2D eigenvalue weighted by molar-refractivity contribution is 7.91. The summed E-state index contributed by atoms with van der Waals surface area (Å²) in [5.41, 5.74) is 0.267. The maximum Gasteiger partial charge on any atom is 0.283 e. The number of hydrogen-bond acceptors (Lipinski definition) is 6. The van der Waals surface area contributed by atoms with Crippen LogP contribution in [-0.2, 0) is 31.4 Å². The lowest BCUT2D eigenvalue weighted by Gasteiger charge is -2.16. The molecule has 0 saturated carbocycles. The van der Waals surface area contributed by atoms with Gasteiger partial charge in [0.15, 0.2) is 0 Å². The number of fused-ring (bicyclic) bond motifs is 1. The van der Waals surface area contributed by atoms with Crippen LogP contribution in [-0.4, -0.2) is 68.2 Å². The topological polar surface area (TPSA) is 124 Å². The van der Waals surface area contributed by atoms with E-state index >= 15 is 0 Å². The Balaban J connectivity index is 1.83. The fraction of sp³-hybridized carbons (Fsp3) is 0.412. The van der Waals surface area contributed by atoms with Crippen LogP contribution in [0.4, 0.5) is 0 Å². The first-order chi connectivity index (χ1) is 13.0. The lowest BCUT2D eigenvalue weighted by atomic mass is 9.99. The molecule has 150 valence electrons. The number of rotatable bonds is 3. The van der Waals surface area contributed by atoms with Crippen LogP contribution in [0.3, 0.4) is 0 Å². The number of nitrogens with zero attached hydrogens (tertiary/aromatic N) is 3. The molecule has 3 aliphatic heterocycles. The minimum Gasteiger partial charge on any atom is -0.509 e. The maximum atomic E-state index is 12.8. The van der Waals surface area contributed by atoms with E-state index in [1.54, 1.807) is 19.1 Å². The molecule has 4 rings (SSSR count). The second-order valence-corrected chi connectivity index (χ2v) is 10.7. The van der Waals surface area contributed by atoms with E-state index in [-0.39, 0.29) is 39.8 Å². The number of amides is 1. The SMILES string of the molecule is C[C@H]1C(O)=C(C2=NS(=O)(=O)c3c(CN4CCCS4(=O)=O)cccc32)C(=O)N1C. The molecule has 0 unspecified atom stereocenters. The van der Waals surface area contributed by atoms with Crippen LogP contribution in [0.5, 0.6) is 0 Å². The van der Waals surface area contributed by atoms with Gasteiger partial charge in [0.25, 0.3) is 15.9 Å². The van der Waals surface area contributed by atoms with Crippen molar-refractivity contribution in [1.29, 1.82) is 0 Å². The molecule has 1 saturated heterocycles. The number of carbonyl (C=O) groups is 1. The van der Waals surface area contributed by atoms with Crippen LogP contribution in [0.15, 0.2) is 38.8 Å². The second-order valence-electron chi connectivity index (χ2n) is 7.06. The molecule has 0 spiro atoms. The van der Waals surface area contributed by atoms with Crippen molar-refractivity contribution in [3.63, 3.8) is 0 Å². The Morgan fingerprint density at radius 3 is 2.54 bits per heavy atom. The largest absolute Gasteiger partial charge is 0.509 e. The molecule has 1 N–H and O–H groups in total. The first kappa shape index (κ1) is 19.1. The average molecular weight is 425 g/mol. The van der Waals surface area contributed by atoms with Gasteiger partial charge in [-0.3, -0.25) is 4.79 Å². The highest BCUT2D eigenvalue weighted by Gasteiger charge is 2.43. The van der Waals surface area contributed by atoms with Crippen molar-refractivity contribution < 1.29 is 26.7 Å². The van der Waals surface area contributed by atoms with Crippen molar-refractivity contribution in [3.8, 4) is 0 Å². The quantitative estimate of drug-likeness (QED) is 0.747. The third kappa shape index (κ3) is 2.68. The smallest absolute Gasteiger partial charge is 0.283 e. The molecule has 3 heterocycles. The van der Waals surface area contributed by atoms with E-state index in [1.165, 1.54) is 22.3 Å². The summed E-state index contributed by atoms with van der Waals surface area (Å²) in [7, 11) is -6.03. The first-order valence-electron chi connectivity index (χ1n) is 8.70. The molecule has 0 aliphatic carbocycles. The summed E-state index contributed by atoms with van der Waals surface area (Å²) in [6.07, 6.45) is 0.491. The van der Waals surface area contributed by atoms with Gasteiger partial charge in [-0.1, -0.05) is 18.2 Å². The maximum absolute atomic E-state index is 12.8. The van der Waals surface area contributed by atoms with Crippen molar-refractivity contribution in [2.45, 2.75) is 30.8 Å². The zero-order valence-electron chi connectivity index (χ0n) is 15.3. The number of benzene rings is 1. The Bertz CT molecular complexity index is 1170. The van der Waals surface area contributed by atoms with Gasteiger partial charge in [0.05, 0.1) is 11.8 Å². The third-order valence-corrected chi connectivity index (χ3v) is 8.70. The molecule has 1 amide bonds. The highest BCUT2D eigenvalue weighted by Crippen LogP contribution is 2.36. The van der Waals surface area contributed by atoms with Crippen LogP contribution in [0.2, 0.25) is 0 Å². The van der Waals surface area contributed by atoms with Crippen LogP contribution >= 0.6 is 0 Å². The predicted molar refractivity (Wildman–Crippen MR) is 101 cm³/mol. The highest BCUT2D eigenvalue weighted by atomic mass is 32.2. The molecule has 1 atom stereocenters. The summed E-state index contributed by atoms with van der Waals surface area (Å²) in [5.74, 6) is -0.711. The number of likely N-dealkylation sites (N-methyl/N-ethyl adjacent to an activating group) is 1. The minimum absolute atomic E-state index is 0.0377. The number of aliphatic hydroxyl groups is 1. The predicted octanol–water partition coefficient (Wildman–Crippen LogP) is 0.386. The molecular formula is C17H19N3O6S2. The average Bonchev–Trinajstić information content (AvgIpc) is 3.16. The van der Waals surface area contributed by atoms with Crippen LogP contribution < -0.4 is 0 Å². The van der Waals surface area contributed by atoms with E-state index in [0.29, 0.717) is 18.5 Å². The molecular weight excluding hydrogens is 406 g/mol. The van der Waals surface area contributed by atoms with Gasteiger partial charge in [-0.2, -0.15) is 17.1 Å². The van der Waals surface area contributed by atoms with Crippen molar-refractivity contribution in [2.75, 3.05) is 19.3 Å². The van der Waals surface area contributed by atoms with Crippen molar-refractivity contribution >= 4 is 31.7 Å². The van der Waals surface area contributed by atoms with Gasteiger partial charge in [-0.25, -0.2) is 8.42 Å². The molecule has 28 heavy (non-hydrogen) atoms. The fourth-order valence-corrected chi connectivity index (χ4v) is 6.65. The lowest BCUT2D eigenvalue weighted by Crippen LogP contribution is -2.30. The fourth-order valence-electron chi connectivity index (χ4n) is 3.73. The van der Waals surface area contributed by atoms with Gasteiger partial charge in [0.1, 0.15) is 21.9 Å². The van der Waals surface area contributed by atoms with Crippen molar-refractivity contribution in [1.82, 2.24) is 9.21 Å². The second kappa shape index (κ2) is 6.13. The number of aliphatic hydroxyl groups excluding tert-OH is 1. The van der Waals surface area contributed by atoms with E-state index in [4.69, 9.17) is 0 Å². The first-order valence-corrected chi connectivity index (χ1v) is 11.8. The summed E-state index contributed by atoms with van der Waals surface area (Å²) in [4.78, 5) is 13.7. The van der Waals surface area contributed by atoms with Crippen molar-refractivity contribution in [3.05, 3.63) is 40.7 Å². The molecule has 9 nitrogen and oxygen atoms in total. The Kier molecular flexibility index (Phi) is 4.18. The van der Waals surface area contributed by atoms with Crippen LogP contribution in [0, 0.1) is 0 Å². The standard InChI is InChI=1S/C17H19N3O6S2/c1-10-15(21)13(17(22)19(10)2)14-12-6-3-5-11(16(12)28(25,26)18-14)9-20-7-4-8-27(20,23)24/h3,5-6,10,21H,4,7-9H2,1-2H3/t10-/m0/s1. The summed E-state index contributed by atoms with van der Waals surface area (Å²) in [6.45, 7) is 1.87. The Labute approximate surface area is 163 Å². The molecule has 0 aromatic heterocycles. The van der Waals surface area contributed by atoms with Crippen LogP contribution in [0.25, 0.3) is 0 Å². The van der Waals surface area contributed by atoms with Gasteiger partial charge >= 0.3 is 0 Å². The number of hydrogen-bond donors (Lipinski definition) is 1. The van der Waals surface area contributed by atoms with Gasteiger partial charge < -0.3 is 10.0 Å². The molecule has 11 heteroatoms. The lowest BCUT2D eigenvalue weighted by molar-refractivity contribution is -0.125. The van der Waals surface area contributed by atoms with E-state index in [1.807, 2.05) is 0 Å². The third-order valence-electron chi connectivity index (χ3n) is 5.37. The van der Waals surface area contributed by atoms with E-state index in [2.05, 4.69) is 4.40 Å². The molecule has 0 radical (unpaired) electrons. The molecule has 3 aliphatic rings. The summed E-state index contributed by atoms with van der Waals surface area (Å²) in [6, 6.07) is 4.06. The van der Waals surface area contributed by atoms with Gasteiger partial charge in [-0.05, 0) is 18.9 Å². The normalized spacial score (nSPS) is 26.1. The van der Waals surface area contributed by atoms with E-state index in [9.17, 15) is 26.7 Å². The molecule has 1 aromatic rings. The number of carbonyl (C=O) groups excluding carboxylic acids is 1. The molecule has 1 aromatic carbocycles. The Morgan fingerprint density at radius 2 is 1.96 bits per heavy atom. The summed E-state index contributed by atoms with van der Waals surface area (Å²) >= 11 is 0. The molecule has 0 bridgehead atoms. The Morgan fingerprint density at radius 1 is 1.25 bits per heavy atom. The Hall–Kier alpha value is -2.24. The van der Waals surface area contributed by atoms with E-state index in [0.717, 1.165) is 0 Å². The number of sulfonamides is 2. The van der Waals surface area contributed by atoms with Gasteiger partial charge in [0.2, 0.25) is 10.0 Å². The zero-order chi connectivity index (χ0) is 20.4. The van der Waals surface area contributed by atoms with E-state index < -0.39 is 32.0 Å². The van der Waals surface area contributed by atoms with Gasteiger partial charge in [-0.15, -0.1) is 0 Å². The van der Waals surface area contributed by atoms with Gasteiger partial charge in [0, 0.05) is 25.7 Å². The molecule has 1 fully saturated rings. The zero-order valence-corrected chi connectivity index (χ0v) is 16.9. The van der Waals surface area contributed by atoms with Crippen molar-refractivity contribution in [2.24, 2.45) is 4.40 Å². The monoisotopic (exact) mass is 425 g/mol. The summed E-state index contributed by atoms with van der Waals surface area (Å²) in [5, 5.41) is 10.4. The van der Waals surface area contributed by atoms with Crippen LogP contribution in [0.1, 0.15) is 24.5 Å².